The summed E-state index contributed by atoms with van der Waals surface area (Å²) >= 11 is 0. The molecule has 1 saturated heterocycles. The fraction of sp³-hybridized carbons (Fsp3) is 1.00. The third-order valence-electron chi connectivity index (χ3n) is 3.18. The van der Waals surface area contributed by atoms with Crippen LogP contribution in [0.1, 0.15) is 51.9 Å². The lowest BCUT2D eigenvalue weighted by Gasteiger charge is -2.20. The van der Waals surface area contributed by atoms with Crippen LogP contribution in [-0.2, 0) is 0 Å². The van der Waals surface area contributed by atoms with Crippen LogP contribution < -0.4 is 0 Å². The lowest BCUT2D eigenvalue weighted by Crippen LogP contribution is -2.26. The standard InChI is InChI=1S/C12H25NO/c1-2-12(14)8-7-11-13-9-5-3-4-6-10-13/h12,14H,2-11H2,1H3. The van der Waals surface area contributed by atoms with Gasteiger partial charge in [-0.05, 0) is 51.7 Å². The maximum Gasteiger partial charge on any atom is 0.0538 e. The maximum atomic E-state index is 9.42. The van der Waals surface area contributed by atoms with Crippen LogP contribution in [0.3, 0.4) is 0 Å². The van der Waals surface area contributed by atoms with Gasteiger partial charge in [-0.1, -0.05) is 19.8 Å². The van der Waals surface area contributed by atoms with E-state index in [4.69, 9.17) is 0 Å². The Kier molecular flexibility index (Phi) is 6.20. The number of hydrogen-bond acceptors (Lipinski definition) is 2. The minimum atomic E-state index is -0.0676. The van der Waals surface area contributed by atoms with Gasteiger partial charge in [-0.25, -0.2) is 0 Å². The molecule has 0 aromatic carbocycles. The van der Waals surface area contributed by atoms with Gasteiger partial charge in [0.25, 0.3) is 0 Å². The molecular weight excluding hydrogens is 174 g/mol. The summed E-state index contributed by atoms with van der Waals surface area (Å²) in [6.45, 7) is 5.80. The second-order valence-electron chi connectivity index (χ2n) is 4.46. The molecule has 0 bridgehead atoms. The molecule has 0 amide bonds. The first-order valence-electron chi connectivity index (χ1n) is 6.23. The molecule has 1 aliphatic rings. The van der Waals surface area contributed by atoms with Crippen molar-refractivity contribution in [2.24, 2.45) is 0 Å². The van der Waals surface area contributed by atoms with Crippen molar-refractivity contribution < 1.29 is 5.11 Å². The van der Waals surface area contributed by atoms with E-state index in [1.54, 1.807) is 0 Å². The van der Waals surface area contributed by atoms with Crippen LogP contribution >= 0.6 is 0 Å². The van der Waals surface area contributed by atoms with E-state index in [1.807, 2.05) is 0 Å². The van der Waals surface area contributed by atoms with Gasteiger partial charge in [-0.3, -0.25) is 0 Å². The maximum absolute atomic E-state index is 9.42. The summed E-state index contributed by atoms with van der Waals surface area (Å²) in [6, 6.07) is 0. The summed E-state index contributed by atoms with van der Waals surface area (Å²) in [5.74, 6) is 0. The van der Waals surface area contributed by atoms with Crippen LogP contribution in [0, 0.1) is 0 Å². The van der Waals surface area contributed by atoms with E-state index in [0.717, 1.165) is 19.3 Å². The predicted molar refractivity (Wildman–Crippen MR) is 60.4 cm³/mol. The van der Waals surface area contributed by atoms with E-state index in [1.165, 1.54) is 45.3 Å². The Morgan fingerprint density at radius 3 is 2.36 bits per heavy atom. The largest absolute Gasteiger partial charge is 0.393 e. The van der Waals surface area contributed by atoms with Crippen LogP contribution in [0.2, 0.25) is 0 Å². The van der Waals surface area contributed by atoms with E-state index in [9.17, 15) is 5.11 Å². The Hall–Kier alpha value is -0.0800. The summed E-state index contributed by atoms with van der Waals surface area (Å²) in [6.07, 6.45) is 8.54. The van der Waals surface area contributed by atoms with Crippen molar-refractivity contribution in [2.45, 2.75) is 58.0 Å². The third-order valence-corrected chi connectivity index (χ3v) is 3.18. The average Bonchev–Trinajstić information content (AvgIpc) is 2.46. The molecule has 0 aromatic heterocycles. The van der Waals surface area contributed by atoms with Gasteiger partial charge in [0.05, 0.1) is 6.10 Å². The molecule has 0 aliphatic carbocycles. The van der Waals surface area contributed by atoms with Gasteiger partial charge in [0.1, 0.15) is 0 Å². The summed E-state index contributed by atoms with van der Waals surface area (Å²) in [7, 11) is 0. The number of hydrogen-bond donors (Lipinski definition) is 1. The SMILES string of the molecule is CCC(O)CCCN1CCCCCC1. The molecule has 1 N–H and O–H groups in total. The van der Waals surface area contributed by atoms with Gasteiger partial charge in [-0.2, -0.15) is 0 Å². The Balaban J connectivity index is 2.04. The first kappa shape index (κ1) is 12.0. The number of nitrogens with zero attached hydrogens (tertiary/aromatic N) is 1. The molecule has 0 aromatic rings. The van der Waals surface area contributed by atoms with E-state index >= 15 is 0 Å². The fourth-order valence-corrected chi connectivity index (χ4v) is 2.11. The molecule has 1 aliphatic heterocycles. The van der Waals surface area contributed by atoms with Gasteiger partial charge in [0.2, 0.25) is 0 Å². The summed E-state index contributed by atoms with van der Waals surface area (Å²) < 4.78 is 0. The first-order valence-corrected chi connectivity index (χ1v) is 6.23. The molecule has 0 spiro atoms. The Bertz CT molecular complexity index is 130. The third kappa shape index (κ3) is 4.97. The van der Waals surface area contributed by atoms with E-state index < -0.39 is 0 Å². The zero-order chi connectivity index (χ0) is 10.2. The quantitative estimate of drug-likeness (QED) is 0.735. The van der Waals surface area contributed by atoms with Crippen LogP contribution in [0.4, 0.5) is 0 Å². The normalized spacial score (nSPS) is 21.9. The van der Waals surface area contributed by atoms with Crippen molar-refractivity contribution in [1.29, 1.82) is 0 Å². The average molecular weight is 199 g/mol. The van der Waals surface area contributed by atoms with Crippen LogP contribution in [0.5, 0.6) is 0 Å². The zero-order valence-corrected chi connectivity index (χ0v) is 9.54. The molecule has 1 fully saturated rings. The molecule has 2 nitrogen and oxygen atoms in total. The van der Waals surface area contributed by atoms with E-state index in [2.05, 4.69) is 11.8 Å². The van der Waals surface area contributed by atoms with Crippen molar-refractivity contribution in [3.05, 3.63) is 0 Å². The van der Waals surface area contributed by atoms with Crippen molar-refractivity contribution >= 4 is 0 Å². The zero-order valence-electron chi connectivity index (χ0n) is 9.54. The fourth-order valence-electron chi connectivity index (χ4n) is 2.11. The molecule has 14 heavy (non-hydrogen) atoms. The monoisotopic (exact) mass is 199 g/mol. The molecule has 1 unspecified atom stereocenters. The highest BCUT2D eigenvalue weighted by molar-refractivity contribution is 4.64. The van der Waals surface area contributed by atoms with Gasteiger partial charge >= 0.3 is 0 Å². The molecular formula is C12H25NO. The second kappa shape index (κ2) is 7.24. The van der Waals surface area contributed by atoms with Crippen LogP contribution in [0.15, 0.2) is 0 Å². The topological polar surface area (TPSA) is 23.5 Å². The van der Waals surface area contributed by atoms with Crippen LogP contribution in [-0.4, -0.2) is 35.7 Å². The summed E-state index contributed by atoms with van der Waals surface area (Å²) in [5, 5.41) is 9.42. The number of aliphatic hydroxyl groups is 1. The summed E-state index contributed by atoms with van der Waals surface area (Å²) in [5.41, 5.74) is 0. The number of rotatable bonds is 5. The molecule has 0 saturated carbocycles. The van der Waals surface area contributed by atoms with Gasteiger partial charge in [-0.15, -0.1) is 0 Å². The van der Waals surface area contributed by atoms with Crippen molar-refractivity contribution in [1.82, 2.24) is 4.90 Å². The van der Waals surface area contributed by atoms with Crippen molar-refractivity contribution in [3.63, 3.8) is 0 Å². The van der Waals surface area contributed by atoms with Crippen molar-refractivity contribution in [2.75, 3.05) is 19.6 Å². The molecule has 1 heterocycles. The Morgan fingerprint density at radius 1 is 1.14 bits per heavy atom. The van der Waals surface area contributed by atoms with E-state index in [-0.39, 0.29) is 6.10 Å². The minimum absolute atomic E-state index is 0.0676. The molecule has 0 radical (unpaired) electrons. The first-order chi connectivity index (χ1) is 6.83. The molecule has 84 valence electrons. The highest BCUT2D eigenvalue weighted by Crippen LogP contribution is 2.11. The lowest BCUT2D eigenvalue weighted by molar-refractivity contribution is 0.149. The molecule has 1 atom stereocenters. The highest BCUT2D eigenvalue weighted by atomic mass is 16.3. The Morgan fingerprint density at radius 2 is 1.79 bits per heavy atom. The minimum Gasteiger partial charge on any atom is -0.393 e. The van der Waals surface area contributed by atoms with Crippen LogP contribution in [0.25, 0.3) is 0 Å². The predicted octanol–water partition coefficient (Wildman–Crippen LogP) is 2.41. The second-order valence-corrected chi connectivity index (χ2v) is 4.46. The Labute approximate surface area is 88.3 Å². The molecule has 2 heteroatoms. The molecule has 1 rings (SSSR count). The highest BCUT2D eigenvalue weighted by Gasteiger charge is 2.09. The van der Waals surface area contributed by atoms with Gasteiger partial charge < -0.3 is 10.0 Å². The number of aliphatic hydroxyl groups excluding tert-OH is 1. The van der Waals surface area contributed by atoms with Gasteiger partial charge in [0.15, 0.2) is 0 Å². The summed E-state index contributed by atoms with van der Waals surface area (Å²) in [4.78, 5) is 2.56. The smallest absolute Gasteiger partial charge is 0.0538 e. The van der Waals surface area contributed by atoms with E-state index in [0.29, 0.717) is 0 Å². The number of likely N-dealkylation sites (tertiary alicyclic amines) is 1. The lowest BCUT2D eigenvalue weighted by atomic mass is 10.1. The van der Waals surface area contributed by atoms with Crippen molar-refractivity contribution in [3.8, 4) is 0 Å². The van der Waals surface area contributed by atoms with Gasteiger partial charge in [0, 0.05) is 0 Å².